The van der Waals surface area contributed by atoms with Gasteiger partial charge in [0.2, 0.25) is 0 Å². The van der Waals surface area contributed by atoms with Gasteiger partial charge in [0.15, 0.2) is 0 Å². The van der Waals surface area contributed by atoms with E-state index >= 15 is 0 Å². The first-order valence-corrected chi connectivity index (χ1v) is 15.1. The molecule has 1 aromatic heterocycles. The Bertz CT molecular complexity index is 2700. The van der Waals surface area contributed by atoms with Crippen molar-refractivity contribution in [3.05, 3.63) is 154 Å². The van der Waals surface area contributed by atoms with Crippen molar-refractivity contribution < 1.29 is 14.3 Å². The summed E-state index contributed by atoms with van der Waals surface area (Å²) in [5, 5.41) is 31.9. The van der Waals surface area contributed by atoms with Crippen molar-refractivity contribution in [2.24, 2.45) is 0 Å². The fourth-order valence-corrected chi connectivity index (χ4v) is 7.36. The van der Waals surface area contributed by atoms with Crippen LogP contribution in [0.25, 0.3) is 87.3 Å². The smallest absolute Gasteiger partial charge is 0.284 e. The standard InChI is InChI=1S/C40H22N2O5/c43-41(44)38-29-14-5-1-10-25(29)36(26-11-2-6-15-30(26)38)23-20-21-24-33-18-9-19-34(40(33)47-35(24)22-23)37-27-12-3-7-16-31(27)39(42(45)46)32-17-8-4-13-28(32)37/h1-22H. The normalized spacial score (nSPS) is 11.7. The van der Waals surface area contributed by atoms with Gasteiger partial charge in [0.05, 0.1) is 31.4 Å². The average Bonchev–Trinajstić information content (AvgIpc) is 3.47. The zero-order valence-electron chi connectivity index (χ0n) is 24.6. The zero-order valence-corrected chi connectivity index (χ0v) is 24.6. The van der Waals surface area contributed by atoms with E-state index in [1.807, 2.05) is 109 Å². The van der Waals surface area contributed by atoms with Crippen molar-refractivity contribution in [3.63, 3.8) is 0 Å². The highest BCUT2D eigenvalue weighted by atomic mass is 16.6. The van der Waals surface area contributed by atoms with Gasteiger partial charge in [-0.25, -0.2) is 0 Å². The van der Waals surface area contributed by atoms with Crippen LogP contribution in [-0.4, -0.2) is 9.85 Å². The second-order valence-corrected chi connectivity index (χ2v) is 11.6. The second kappa shape index (κ2) is 9.95. The summed E-state index contributed by atoms with van der Waals surface area (Å²) in [7, 11) is 0. The minimum atomic E-state index is -0.302. The predicted molar refractivity (Wildman–Crippen MR) is 188 cm³/mol. The number of furan rings is 1. The van der Waals surface area contributed by atoms with Crippen molar-refractivity contribution in [1.29, 1.82) is 0 Å². The highest BCUT2D eigenvalue weighted by molar-refractivity contribution is 6.23. The molecule has 0 amide bonds. The van der Waals surface area contributed by atoms with Gasteiger partial charge in [0, 0.05) is 21.9 Å². The Labute approximate surface area is 266 Å². The summed E-state index contributed by atoms with van der Waals surface area (Å²) < 4.78 is 6.72. The third-order valence-electron chi connectivity index (χ3n) is 9.23. The van der Waals surface area contributed by atoms with Crippen molar-refractivity contribution in [1.82, 2.24) is 0 Å². The van der Waals surface area contributed by atoms with Gasteiger partial charge in [-0.15, -0.1) is 0 Å². The fourth-order valence-electron chi connectivity index (χ4n) is 7.36. The van der Waals surface area contributed by atoms with Gasteiger partial charge < -0.3 is 4.42 Å². The van der Waals surface area contributed by atoms with E-state index < -0.39 is 0 Å². The van der Waals surface area contributed by atoms with E-state index in [2.05, 4.69) is 0 Å². The molecule has 0 aliphatic heterocycles. The van der Waals surface area contributed by atoms with E-state index in [0.717, 1.165) is 54.6 Å². The molecule has 8 aromatic carbocycles. The molecule has 0 saturated carbocycles. The van der Waals surface area contributed by atoms with E-state index in [9.17, 15) is 20.2 Å². The summed E-state index contributed by atoms with van der Waals surface area (Å²) >= 11 is 0. The summed E-state index contributed by atoms with van der Waals surface area (Å²) in [6, 6.07) is 41.9. The van der Waals surface area contributed by atoms with E-state index in [0.29, 0.717) is 32.7 Å². The molecule has 222 valence electrons. The Morgan fingerprint density at radius 2 is 0.851 bits per heavy atom. The lowest BCUT2D eigenvalue weighted by atomic mass is 9.89. The fraction of sp³-hybridized carbons (Fsp3) is 0. The van der Waals surface area contributed by atoms with E-state index in [4.69, 9.17) is 4.42 Å². The van der Waals surface area contributed by atoms with Crippen molar-refractivity contribution >= 4 is 76.4 Å². The number of para-hydroxylation sites is 1. The Morgan fingerprint density at radius 1 is 0.426 bits per heavy atom. The number of hydrogen-bond acceptors (Lipinski definition) is 5. The summed E-state index contributed by atoms with van der Waals surface area (Å²) in [5.41, 5.74) is 5.03. The van der Waals surface area contributed by atoms with Crippen LogP contribution in [0.2, 0.25) is 0 Å². The molecule has 7 heteroatoms. The molecular formula is C40H22N2O5. The van der Waals surface area contributed by atoms with E-state index in [-0.39, 0.29) is 21.2 Å². The molecule has 0 radical (unpaired) electrons. The highest BCUT2D eigenvalue weighted by Gasteiger charge is 2.25. The summed E-state index contributed by atoms with van der Waals surface area (Å²) in [4.78, 5) is 24.0. The molecule has 0 aliphatic carbocycles. The minimum absolute atomic E-state index is 0.0870. The number of hydrogen-bond donors (Lipinski definition) is 0. The Hall–Kier alpha value is -6.60. The summed E-state index contributed by atoms with van der Waals surface area (Å²) in [6.45, 7) is 0. The van der Waals surface area contributed by atoms with Gasteiger partial charge in [-0.1, -0.05) is 97.1 Å². The highest BCUT2D eigenvalue weighted by Crippen LogP contribution is 2.47. The lowest BCUT2D eigenvalue weighted by Crippen LogP contribution is -1.94. The molecule has 0 atom stereocenters. The van der Waals surface area contributed by atoms with Gasteiger partial charge in [-0.05, 0) is 69.1 Å². The van der Waals surface area contributed by atoms with Crippen LogP contribution in [0.4, 0.5) is 11.4 Å². The van der Waals surface area contributed by atoms with E-state index in [1.165, 1.54) is 0 Å². The third kappa shape index (κ3) is 3.80. The largest absolute Gasteiger partial charge is 0.455 e. The maximum Gasteiger partial charge on any atom is 0.284 e. The summed E-state index contributed by atoms with van der Waals surface area (Å²) in [6.07, 6.45) is 0. The molecule has 0 aliphatic rings. The minimum Gasteiger partial charge on any atom is -0.455 e. The van der Waals surface area contributed by atoms with Gasteiger partial charge in [0.1, 0.15) is 11.2 Å². The van der Waals surface area contributed by atoms with Crippen LogP contribution in [0.15, 0.2) is 138 Å². The topological polar surface area (TPSA) is 99.4 Å². The Kier molecular flexibility index (Phi) is 5.67. The van der Waals surface area contributed by atoms with Crippen LogP contribution < -0.4 is 0 Å². The monoisotopic (exact) mass is 610 g/mol. The maximum absolute atomic E-state index is 12.3. The number of nitrogens with zero attached hydrogens (tertiary/aromatic N) is 2. The predicted octanol–water partition coefficient (Wildman–Crippen LogP) is 11.3. The SMILES string of the molecule is O=[N+]([O-])c1c2ccccc2c(-c2ccc3c(c2)oc2c(-c4c5ccccc5c([N+](=O)[O-])c5ccccc45)cccc23)c2ccccc12. The molecule has 0 fully saturated rings. The number of non-ortho nitro benzene ring substituents is 2. The van der Waals surface area contributed by atoms with Crippen molar-refractivity contribution in [3.8, 4) is 22.3 Å². The van der Waals surface area contributed by atoms with Crippen LogP contribution in [0, 0.1) is 20.2 Å². The Balaban J connectivity index is 1.35. The first kappa shape index (κ1) is 26.8. The van der Waals surface area contributed by atoms with Crippen LogP contribution in [0.1, 0.15) is 0 Å². The van der Waals surface area contributed by atoms with Crippen LogP contribution in [0.3, 0.4) is 0 Å². The molecule has 9 rings (SSSR count). The lowest BCUT2D eigenvalue weighted by molar-refractivity contribution is -0.381. The molecule has 0 saturated heterocycles. The van der Waals surface area contributed by atoms with Crippen molar-refractivity contribution in [2.75, 3.05) is 0 Å². The molecule has 9 aromatic rings. The quantitative estimate of drug-likeness (QED) is 0.112. The zero-order chi connectivity index (χ0) is 31.8. The molecule has 7 nitrogen and oxygen atoms in total. The first-order chi connectivity index (χ1) is 23.0. The Morgan fingerprint density at radius 3 is 1.32 bits per heavy atom. The molecule has 0 spiro atoms. The number of benzene rings is 8. The van der Waals surface area contributed by atoms with Crippen LogP contribution in [-0.2, 0) is 0 Å². The van der Waals surface area contributed by atoms with Gasteiger partial charge >= 0.3 is 0 Å². The maximum atomic E-state index is 12.3. The van der Waals surface area contributed by atoms with E-state index in [1.54, 1.807) is 24.3 Å². The van der Waals surface area contributed by atoms with Crippen molar-refractivity contribution in [2.45, 2.75) is 0 Å². The second-order valence-electron chi connectivity index (χ2n) is 11.6. The lowest BCUT2D eigenvalue weighted by Gasteiger charge is -2.13. The van der Waals surface area contributed by atoms with Gasteiger partial charge in [0.25, 0.3) is 11.4 Å². The van der Waals surface area contributed by atoms with Gasteiger partial charge in [-0.3, -0.25) is 20.2 Å². The first-order valence-electron chi connectivity index (χ1n) is 15.1. The molecule has 0 bridgehead atoms. The number of nitro groups is 2. The number of rotatable bonds is 4. The van der Waals surface area contributed by atoms with Crippen LogP contribution >= 0.6 is 0 Å². The van der Waals surface area contributed by atoms with Gasteiger partial charge in [-0.2, -0.15) is 0 Å². The molecular weight excluding hydrogens is 588 g/mol. The summed E-state index contributed by atoms with van der Waals surface area (Å²) in [5.74, 6) is 0. The molecule has 0 N–H and O–H groups in total. The average molecular weight is 611 g/mol. The number of nitro benzene ring substituents is 2. The molecule has 1 heterocycles. The molecule has 0 unspecified atom stereocenters. The third-order valence-corrected chi connectivity index (χ3v) is 9.23. The van der Waals surface area contributed by atoms with Crippen LogP contribution in [0.5, 0.6) is 0 Å². The number of fused-ring (bicyclic) bond motifs is 7. The molecule has 47 heavy (non-hydrogen) atoms.